The summed E-state index contributed by atoms with van der Waals surface area (Å²) in [5, 5.41) is 3.55. The van der Waals surface area contributed by atoms with Gasteiger partial charge in [0.25, 0.3) is 0 Å². The molecule has 2 rings (SSSR count). The fourth-order valence-electron chi connectivity index (χ4n) is 2.73. The van der Waals surface area contributed by atoms with Gasteiger partial charge in [0.15, 0.2) is 5.82 Å². The SMILES string of the molecule is CCCNCC1CCCCN1c1nc(C)cnc1C. The van der Waals surface area contributed by atoms with Gasteiger partial charge in [0.05, 0.1) is 11.4 Å². The highest BCUT2D eigenvalue weighted by atomic mass is 15.2. The number of nitrogens with zero attached hydrogens (tertiary/aromatic N) is 3. The third kappa shape index (κ3) is 3.66. The lowest BCUT2D eigenvalue weighted by atomic mass is 10.0. The third-order valence-electron chi connectivity index (χ3n) is 3.76. The largest absolute Gasteiger partial charge is 0.351 e. The van der Waals surface area contributed by atoms with Crippen LogP contribution in [0.3, 0.4) is 0 Å². The molecule has 1 aliphatic rings. The minimum absolute atomic E-state index is 0.565. The molecule has 0 radical (unpaired) electrons. The average Bonchev–Trinajstić information content (AvgIpc) is 2.42. The van der Waals surface area contributed by atoms with Gasteiger partial charge in [-0.25, -0.2) is 4.98 Å². The predicted molar refractivity (Wildman–Crippen MR) is 79.7 cm³/mol. The molecule has 4 heteroatoms. The van der Waals surface area contributed by atoms with E-state index in [1.54, 1.807) is 0 Å². The molecule has 1 fully saturated rings. The molecule has 0 saturated carbocycles. The van der Waals surface area contributed by atoms with Gasteiger partial charge in [-0.15, -0.1) is 0 Å². The number of aryl methyl sites for hydroxylation is 2. The Morgan fingerprint density at radius 3 is 3.00 bits per heavy atom. The van der Waals surface area contributed by atoms with Crippen LogP contribution in [0, 0.1) is 13.8 Å². The molecule has 19 heavy (non-hydrogen) atoms. The number of rotatable bonds is 5. The second kappa shape index (κ2) is 6.85. The molecule has 4 nitrogen and oxygen atoms in total. The van der Waals surface area contributed by atoms with Gasteiger partial charge in [-0.1, -0.05) is 6.92 Å². The number of hydrogen-bond acceptors (Lipinski definition) is 4. The molecule has 1 aromatic rings. The van der Waals surface area contributed by atoms with Crippen LogP contribution in [0.2, 0.25) is 0 Å². The number of nitrogens with one attached hydrogen (secondary N) is 1. The first-order valence-electron chi connectivity index (χ1n) is 7.50. The molecule has 0 amide bonds. The van der Waals surface area contributed by atoms with E-state index in [9.17, 15) is 0 Å². The molecule has 1 aromatic heterocycles. The van der Waals surface area contributed by atoms with Crippen LogP contribution in [0.25, 0.3) is 0 Å². The number of aromatic nitrogens is 2. The van der Waals surface area contributed by atoms with Crippen LogP contribution >= 0.6 is 0 Å². The van der Waals surface area contributed by atoms with Gasteiger partial charge in [0, 0.05) is 25.3 Å². The summed E-state index contributed by atoms with van der Waals surface area (Å²) in [7, 11) is 0. The zero-order valence-electron chi connectivity index (χ0n) is 12.4. The van der Waals surface area contributed by atoms with Crippen LogP contribution in [0.15, 0.2) is 6.20 Å². The summed E-state index contributed by atoms with van der Waals surface area (Å²) in [5.74, 6) is 1.09. The molecular formula is C15H26N4. The van der Waals surface area contributed by atoms with Crippen LogP contribution in [-0.2, 0) is 0 Å². The monoisotopic (exact) mass is 262 g/mol. The van der Waals surface area contributed by atoms with Crippen molar-refractivity contribution < 1.29 is 0 Å². The van der Waals surface area contributed by atoms with E-state index in [-0.39, 0.29) is 0 Å². The molecular weight excluding hydrogens is 236 g/mol. The van der Waals surface area contributed by atoms with Crippen LogP contribution < -0.4 is 10.2 Å². The molecule has 1 saturated heterocycles. The highest BCUT2D eigenvalue weighted by Crippen LogP contribution is 2.24. The van der Waals surface area contributed by atoms with E-state index in [4.69, 9.17) is 4.98 Å². The Labute approximate surface area is 116 Å². The van der Waals surface area contributed by atoms with Crippen molar-refractivity contribution in [3.05, 3.63) is 17.6 Å². The molecule has 0 spiro atoms. The van der Waals surface area contributed by atoms with E-state index in [2.05, 4.69) is 29.0 Å². The van der Waals surface area contributed by atoms with Crippen LogP contribution in [0.1, 0.15) is 44.0 Å². The number of hydrogen-bond donors (Lipinski definition) is 1. The van der Waals surface area contributed by atoms with Crippen molar-refractivity contribution in [2.24, 2.45) is 0 Å². The van der Waals surface area contributed by atoms with Crippen molar-refractivity contribution in [2.45, 2.75) is 52.5 Å². The first-order chi connectivity index (χ1) is 9.22. The first kappa shape index (κ1) is 14.3. The summed E-state index contributed by atoms with van der Waals surface area (Å²) in [4.78, 5) is 11.6. The lowest BCUT2D eigenvalue weighted by Crippen LogP contribution is -2.46. The number of piperidine rings is 1. The van der Waals surface area contributed by atoms with Crippen molar-refractivity contribution in [3.8, 4) is 0 Å². The lowest BCUT2D eigenvalue weighted by molar-refractivity contribution is 0.431. The molecule has 1 unspecified atom stereocenters. The highest BCUT2D eigenvalue weighted by Gasteiger charge is 2.24. The van der Waals surface area contributed by atoms with Crippen molar-refractivity contribution >= 4 is 5.82 Å². The van der Waals surface area contributed by atoms with Gasteiger partial charge in [0.2, 0.25) is 0 Å². The quantitative estimate of drug-likeness (QED) is 0.828. The smallest absolute Gasteiger partial charge is 0.150 e. The van der Waals surface area contributed by atoms with E-state index >= 15 is 0 Å². The maximum Gasteiger partial charge on any atom is 0.150 e. The molecule has 2 heterocycles. The minimum atomic E-state index is 0.565. The van der Waals surface area contributed by atoms with Crippen molar-refractivity contribution in [2.75, 3.05) is 24.5 Å². The molecule has 0 bridgehead atoms. The second-order valence-electron chi connectivity index (χ2n) is 5.47. The van der Waals surface area contributed by atoms with E-state index in [0.29, 0.717) is 6.04 Å². The Morgan fingerprint density at radius 2 is 2.21 bits per heavy atom. The lowest BCUT2D eigenvalue weighted by Gasteiger charge is -2.37. The van der Waals surface area contributed by atoms with E-state index < -0.39 is 0 Å². The zero-order chi connectivity index (χ0) is 13.7. The van der Waals surface area contributed by atoms with Gasteiger partial charge < -0.3 is 10.2 Å². The fourth-order valence-corrected chi connectivity index (χ4v) is 2.73. The standard InChI is InChI=1S/C15H26N4/c1-4-8-16-11-14-7-5-6-9-19(14)15-13(3)17-10-12(2)18-15/h10,14,16H,4-9,11H2,1-3H3. The van der Waals surface area contributed by atoms with E-state index in [1.165, 1.54) is 25.7 Å². The highest BCUT2D eigenvalue weighted by molar-refractivity contribution is 5.45. The molecule has 1 N–H and O–H groups in total. The Balaban J connectivity index is 2.11. The Bertz CT molecular complexity index is 405. The van der Waals surface area contributed by atoms with Gasteiger partial charge in [-0.2, -0.15) is 0 Å². The molecule has 1 aliphatic heterocycles. The Morgan fingerprint density at radius 1 is 1.37 bits per heavy atom. The first-order valence-corrected chi connectivity index (χ1v) is 7.50. The number of anilines is 1. The fraction of sp³-hybridized carbons (Fsp3) is 0.733. The van der Waals surface area contributed by atoms with Crippen molar-refractivity contribution in [1.29, 1.82) is 0 Å². The second-order valence-corrected chi connectivity index (χ2v) is 5.47. The third-order valence-corrected chi connectivity index (χ3v) is 3.76. The summed E-state index contributed by atoms with van der Waals surface area (Å²) in [6.07, 6.45) is 6.89. The minimum Gasteiger partial charge on any atom is -0.351 e. The van der Waals surface area contributed by atoms with Crippen LogP contribution in [0.5, 0.6) is 0 Å². The Hall–Kier alpha value is -1.16. The van der Waals surface area contributed by atoms with E-state index in [0.717, 1.165) is 36.8 Å². The van der Waals surface area contributed by atoms with Gasteiger partial charge in [-0.3, -0.25) is 4.98 Å². The predicted octanol–water partition coefficient (Wildman–Crippen LogP) is 2.45. The summed E-state index contributed by atoms with van der Waals surface area (Å²) in [6, 6.07) is 0.565. The van der Waals surface area contributed by atoms with Crippen LogP contribution in [0.4, 0.5) is 5.82 Å². The summed E-state index contributed by atoms with van der Waals surface area (Å²) < 4.78 is 0. The summed E-state index contributed by atoms with van der Waals surface area (Å²) in [6.45, 7) is 9.56. The molecule has 1 atom stereocenters. The van der Waals surface area contributed by atoms with Gasteiger partial charge in [-0.05, 0) is 46.1 Å². The molecule has 0 aliphatic carbocycles. The van der Waals surface area contributed by atoms with Gasteiger partial charge in [0.1, 0.15) is 0 Å². The topological polar surface area (TPSA) is 41.0 Å². The van der Waals surface area contributed by atoms with Crippen molar-refractivity contribution in [3.63, 3.8) is 0 Å². The maximum atomic E-state index is 4.71. The summed E-state index contributed by atoms with van der Waals surface area (Å²) in [5.41, 5.74) is 2.06. The Kier molecular flexibility index (Phi) is 5.14. The maximum absolute atomic E-state index is 4.71. The van der Waals surface area contributed by atoms with Crippen LogP contribution in [-0.4, -0.2) is 35.6 Å². The zero-order valence-corrected chi connectivity index (χ0v) is 12.4. The molecule has 0 aromatic carbocycles. The molecule has 106 valence electrons. The van der Waals surface area contributed by atoms with E-state index in [1.807, 2.05) is 13.1 Å². The summed E-state index contributed by atoms with van der Waals surface area (Å²) >= 11 is 0. The van der Waals surface area contributed by atoms with Gasteiger partial charge >= 0.3 is 0 Å². The van der Waals surface area contributed by atoms with Crippen molar-refractivity contribution in [1.82, 2.24) is 15.3 Å². The average molecular weight is 262 g/mol. The normalized spacial score (nSPS) is 19.7.